The number of carbonyl (C=O) groups is 1. The Morgan fingerprint density at radius 3 is 2.78 bits per heavy atom. The summed E-state index contributed by atoms with van der Waals surface area (Å²) in [6.07, 6.45) is 7.73. The molecule has 1 heterocycles. The van der Waals surface area contributed by atoms with E-state index >= 15 is 0 Å². The zero-order valence-corrected chi connectivity index (χ0v) is 11.8. The monoisotopic (exact) mass is 268 g/mol. The summed E-state index contributed by atoms with van der Waals surface area (Å²) in [7, 11) is 1.43. The first-order valence-electron chi connectivity index (χ1n) is 6.43. The van der Waals surface area contributed by atoms with Gasteiger partial charge in [-0.2, -0.15) is 0 Å². The van der Waals surface area contributed by atoms with Crippen molar-refractivity contribution in [3.8, 4) is 0 Å². The van der Waals surface area contributed by atoms with Gasteiger partial charge in [0, 0.05) is 17.6 Å². The highest BCUT2D eigenvalue weighted by Crippen LogP contribution is 2.28. The minimum Gasteiger partial charge on any atom is -0.467 e. The van der Waals surface area contributed by atoms with E-state index < -0.39 is 5.54 Å². The number of nitrogens with zero attached hydrogens (tertiary/aromatic N) is 1. The van der Waals surface area contributed by atoms with E-state index in [1.54, 1.807) is 6.20 Å². The van der Waals surface area contributed by atoms with Crippen LogP contribution in [0.25, 0.3) is 0 Å². The lowest BCUT2D eigenvalue weighted by Gasteiger charge is -2.33. The van der Waals surface area contributed by atoms with Gasteiger partial charge in [0.15, 0.2) is 5.54 Å². The Kier molecular flexibility index (Phi) is 4.35. The summed E-state index contributed by atoms with van der Waals surface area (Å²) in [4.78, 5) is 16.4. The first-order chi connectivity index (χ1) is 8.66. The normalized spacial score (nSPS) is 20.3. The number of carbonyl (C=O) groups excluding carboxylic acids is 1. The van der Waals surface area contributed by atoms with Crippen LogP contribution in [0, 0.1) is 0 Å². The van der Waals surface area contributed by atoms with E-state index in [-0.39, 0.29) is 5.97 Å². The van der Waals surface area contributed by atoms with Crippen LogP contribution in [-0.2, 0) is 15.1 Å². The van der Waals surface area contributed by atoms with Crippen LogP contribution in [0.3, 0.4) is 0 Å². The van der Waals surface area contributed by atoms with Gasteiger partial charge in [0.25, 0.3) is 0 Å². The van der Waals surface area contributed by atoms with E-state index in [0.29, 0.717) is 6.04 Å². The number of hydrogen-bond acceptors (Lipinski definition) is 5. The number of esters is 1. The van der Waals surface area contributed by atoms with Gasteiger partial charge in [-0.3, -0.25) is 5.32 Å². The predicted molar refractivity (Wildman–Crippen MR) is 71.5 cm³/mol. The van der Waals surface area contributed by atoms with E-state index in [1.807, 2.05) is 12.3 Å². The average Bonchev–Trinajstić information content (AvgIpc) is 2.93. The molecule has 5 heteroatoms. The summed E-state index contributed by atoms with van der Waals surface area (Å²) in [5.74, 6) is -0.261. The number of methoxy groups -OCH3 is 1. The lowest BCUT2D eigenvalue weighted by Crippen LogP contribution is -2.52. The van der Waals surface area contributed by atoms with Gasteiger partial charge in [0.05, 0.1) is 7.11 Å². The molecule has 1 aliphatic carbocycles. The minimum absolute atomic E-state index is 0.261. The molecule has 1 N–H and O–H groups in total. The summed E-state index contributed by atoms with van der Waals surface area (Å²) >= 11 is 1.49. The smallest absolute Gasteiger partial charge is 0.332 e. The largest absolute Gasteiger partial charge is 0.467 e. The van der Waals surface area contributed by atoms with E-state index in [4.69, 9.17) is 4.74 Å². The van der Waals surface area contributed by atoms with Crippen LogP contribution in [-0.4, -0.2) is 24.1 Å². The van der Waals surface area contributed by atoms with Gasteiger partial charge in [-0.1, -0.05) is 19.3 Å². The Bertz CT molecular complexity index is 388. The molecule has 0 aliphatic heterocycles. The van der Waals surface area contributed by atoms with Gasteiger partial charge >= 0.3 is 5.97 Å². The van der Waals surface area contributed by atoms with E-state index in [9.17, 15) is 4.79 Å². The second kappa shape index (κ2) is 5.80. The van der Waals surface area contributed by atoms with E-state index in [0.717, 1.165) is 17.8 Å². The van der Waals surface area contributed by atoms with Crippen LogP contribution in [0.2, 0.25) is 0 Å². The van der Waals surface area contributed by atoms with Gasteiger partial charge in [-0.25, -0.2) is 9.78 Å². The maximum atomic E-state index is 12.1. The van der Waals surface area contributed by atoms with Crippen LogP contribution >= 0.6 is 11.3 Å². The fourth-order valence-corrected chi connectivity index (χ4v) is 3.29. The highest BCUT2D eigenvalue weighted by atomic mass is 32.1. The summed E-state index contributed by atoms with van der Waals surface area (Å²) in [5.41, 5.74) is -0.815. The standard InChI is InChI=1S/C13H20N2O2S/c1-13(12(16)17-2,11-14-8-9-18-11)15-10-6-4-3-5-7-10/h8-10,15H,3-7H2,1-2H3. The van der Waals surface area contributed by atoms with Crippen LogP contribution < -0.4 is 5.32 Å². The molecule has 1 saturated carbocycles. The zero-order chi connectivity index (χ0) is 13.0. The molecular formula is C13H20N2O2S. The molecule has 1 fully saturated rings. The maximum Gasteiger partial charge on any atom is 0.332 e. The minimum atomic E-state index is -0.815. The van der Waals surface area contributed by atoms with Crippen molar-refractivity contribution in [3.63, 3.8) is 0 Å². The average molecular weight is 268 g/mol. The third-order valence-electron chi connectivity index (χ3n) is 3.55. The zero-order valence-electron chi connectivity index (χ0n) is 10.9. The Labute approximate surface area is 112 Å². The third-order valence-corrected chi connectivity index (χ3v) is 4.55. The van der Waals surface area contributed by atoms with Crippen molar-refractivity contribution in [2.75, 3.05) is 7.11 Å². The van der Waals surface area contributed by atoms with Gasteiger partial charge < -0.3 is 4.74 Å². The molecular weight excluding hydrogens is 248 g/mol. The molecule has 100 valence electrons. The molecule has 1 unspecified atom stereocenters. The maximum absolute atomic E-state index is 12.1. The number of rotatable bonds is 4. The van der Waals surface area contributed by atoms with Crippen molar-refractivity contribution in [2.24, 2.45) is 0 Å². The number of thiazole rings is 1. The van der Waals surface area contributed by atoms with E-state index in [1.165, 1.54) is 37.7 Å². The molecule has 2 rings (SSSR count). The molecule has 1 atom stereocenters. The quantitative estimate of drug-likeness (QED) is 0.852. The SMILES string of the molecule is COC(=O)C(C)(NC1CCCCC1)c1nccs1. The number of hydrogen-bond donors (Lipinski definition) is 1. The second-order valence-corrected chi connectivity index (χ2v) is 5.83. The molecule has 1 aromatic heterocycles. The van der Waals surface area contributed by atoms with Crippen molar-refractivity contribution < 1.29 is 9.53 Å². The second-order valence-electron chi connectivity index (χ2n) is 4.93. The third kappa shape index (κ3) is 2.72. The highest BCUT2D eigenvalue weighted by Gasteiger charge is 2.40. The molecule has 0 radical (unpaired) electrons. The summed E-state index contributed by atoms with van der Waals surface area (Å²) in [5, 5.41) is 6.12. The van der Waals surface area contributed by atoms with Crippen LogP contribution in [0.15, 0.2) is 11.6 Å². The Balaban J connectivity index is 2.17. The van der Waals surface area contributed by atoms with Crippen LogP contribution in [0.4, 0.5) is 0 Å². The van der Waals surface area contributed by atoms with Crippen LogP contribution in [0.1, 0.15) is 44.0 Å². The van der Waals surface area contributed by atoms with Gasteiger partial charge in [0.1, 0.15) is 5.01 Å². The number of nitrogens with one attached hydrogen (secondary N) is 1. The molecule has 0 aromatic carbocycles. The molecule has 4 nitrogen and oxygen atoms in total. The molecule has 0 amide bonds. The first kappa shape index (κ1) is 13.5. The molecule has 1 aliphatic rings. The van der Waals surface area contributed by atoms with Gasteiger partial charge in [0.2, 0.25) is 0 Å². The molecule has 0 spiro atoms. The van der Waals surface area contributed by atoms with E-state index in [2.05, 4.69) is 10.3 Å². The van der Waals surface area contributed by atoms with Crippen molar-refractivity contribution in [1.82, 2.24) is 10.3 Å². The van der Waals surface area contributed by atoms with Crippen molar-refractivity contribution in [3.05, 3.63) is 16.6 Å². The van der Waals surface area contributed by atoms with Crippen molar-refractivity contribution >= 4 is 17.3 Å². The van der Waals surface area contributed by atoms with Gasteiger partial charge in [-0.05, 0) is 19.8 Å². The Morgan fingerprint density at radius 1 is 1.50 bits per heavy atom. The number of ether oxygens (including phenoxy) is 1. The lowest BCUT2D eigenvalue weighted by molar-refractivity contribution is -0.148. The summed E-state index contributed by atoms with van der Waals surface area (Å²) in [6.45, 7) is 1.87. The molecule has 0 bridgehead atoms. The topological polar surface area (TPSA) is 51.2 Å². The van der Waals surface area contributed by atoms with Crippen molar-refractivity contribution in [1.29, 1.82) is 0 Å². The first-order valence-corrected chi connectivity index (χ1v) is 7.31. The van der Waals surface area contributed by atoms with Crippen LogP contribution in [0.5, 0.6) is 0 Å². The Morgan fingerprint density at radius 2 is 2.22 bits per heavy atom. The highest BCUT2D eigenvalue weighted by molar-refractivity contribution is 7.09. The fraction of sp³-hybridized carbons (Fsp3) is 0.692. The van der Waals surface area contributed by atoms with Crippen molar-refractivity contribution in [2.45, 2.75) is 50.6 Å². The molecule has 0 saturated heterocycles. The Hall–Kier alpha value is -0.940. The lowest BCUT2D eigenvalue weighted by atomic mass is 9.92. The van der Waals surface area contributed by atoms with Gasteiger partial charge in [-0.15, -0.1) is 11.3 Å². The predicted octanol–water partition coefficient (Wildman–Crippen LogP) is 2.45. The summed E-state index contributed by atoms with van der Waals surface area (Å²) < 4.78 is 4.95. The molecule has 1 aromatic rings. The fourth-order valence-electron chi connectivity index (χ4n) is 2.54. The summed E-state index contributed by atoms with van der Waals surface area (Å²) in [6, 6.07) is 0.381. The molecule has 18 heavy (non-hydrogen) atoms. The number of aromatic nitrogens is 1.